The third-order valence-electron chi connectivity index (χ3n) is 4.63. The van der Waals surface area contributed by atoms with E-state index in [1.165, 1.54) is 6.07 Å². The molecular weight excluding hydrogens is 327 g/mol. The predicted molar refractivity (Wildman–Crippen MR) is 95.1 cm³/mol. The first-order valence-electron chi connectivity index (χ1n) is 7.68. The molecule has 3 N–H and O–H groups in total. The van der Waals surface area contributed by atoms with E-state index >= 15 is 0 Å². The van der Waals surface area contributed by atoms with E-state index in [1.807, 2.05) is 0 Å². The second-order valence-corrected chi connectivity index (χ2v) is 12.2. The number of fused-ring (bicyclic) bond motifs is 1. The number of rotatable bonds is 4. The third-order valence-corrected chi connectivity index (χ3v) is 9.11. The molecule has 130 valence electrons. The summed E-state index contributed by atoms with van der Waals surface area (Å²) in [5, 5.41) is 9.71. The summed E-state index contributed by atoms with van der Waals surface area (Å²) in [6.07, 6.45) is 0. The van der Waals surface area contributed by atoms with Crippen LogP contribution in [0.25, 0.3) is 10.9 Å². The molecule has 7 heteroatoms. The fourth-order valence-electron chi connectivity index (χ4n) is 2.10. The quantitative estimate of drug-likeness (QED) is 0.808. The van der Waals surface area contributed by atoms with Gasteiger partial charge >= 0.3 is 5.97 Å². The Balaban J connectivity index is 2.50. The topological polar surface area (TPSA) is 85.4 Å². The number of hydrogen-bond donors (Lipinski definition) is 2. The van der Waals surface area contributed by atoms with Crippen LogP contribution in [0.2, 0.25) is 18.1 Å². The second kappa shape index (κ2) is 6.14. The first-order valence-corrected chi connectivity index (χ1v) is 10.6. The van der Waals surface area contributed by atoms with E-state index in [2.05, 4.69) is 38.8 Å². The Bertz CT molecular complexity index is 801. The molecule has 0 fully saturated rings. The van der Waals surface area contributed by atoms with Crippen molar-refractivity contribution in [2.45, 2.75) is 45.5 Å². The maximum absolute atomic E-state index is 13.9. The fraction of sp³-hybridized carbons (Fsp3) is 0.412. The van der Waals surface area contributed by atoms with Gasteiger partial charge in [0.05, 0.1) is 17.7 Å². The minimum Gasteiger partial charge on any atom is -0.478 e. The van der Waals surface area contributed by atoms with Crippen molar-refractivity contribution in [2.75, 3.05) is 5.73 Å². The third kappa shape index (κ3) is 3.57. The fourth-order valence-corrected chi connectivity index (χ4v) is 3.05. The molecular formula is C17H23FN2O3Si. The molecule has 0 saturated carbocycles. The molecule has 5 nitrogen and oxygen atoms in total. The van der Waals surface area contributed by atoms with Crippen molar-refractivity contribution in [1.29, 1.82) is 0 Å². The number of benzene rings is 1. The van der Waals surface area contributed by atoms with Crippen molar-refractivity contribution in [1.82, 2.24) is 4.98 Å². The SMILES string of the molecule is CC(C)(C)[Si](C)(C)OCc1cc(N)nc2cc(F)c(C(=O)O)cc12. The van der Waals surface area contributed by atoms with E-state index in [1.54, 1.807) is 6.07 Å². The summed E-state index contributed by atoms with van der Waals surface area (Å²) in [5.74, 6) is -1.90. The van der Waals surface area contributed by atoms with Crippen molar-refractivity contribution in [3.63, 3.8) is 0 Å². The molecule has 2 aromatic rings. The van der Waals surface area contributed by atoms with Crippen LogP contribution >= 0.6 is 0 Å². The van der Waals surface area contributed by atoms with Gasteiger partial charge in [-0.15, -0.1) is 0 Å². The van der Waals surface area contributed by atoms with Crippen molar-refractivity contribution in [3.8, 4) is 0 Å². The molecule has 0 spiro atoms. The first-order chi connectivity index (χ1) is 10.9. The summed E-state index contributed by atoms with van der Waals surface area (Å²) in [5.41, 5.74) is 6.46. The van der Waals surface area contributed by atoms with Crippen LogP contribution in [0.1, 0.15) is 36.7 Å². The van der Waals surface area contributed by atoms with Crippen molar-refractivity contribution in [2.24, 2.45) is 0 Å². The van der Waals surface area contributed by atoms with E-state index in [4.69, 9.17) is 15.3 Å². The van der Waals surface area contributed by atoms with E-state index < -0.39 is 20.1 Å². The van der Waals surface area contributed by atoms with Crippen LogP contribution in [-0.4, -0.2) is 24.4 Å². The van der Waals surface area contributed by atoms with Gasteiger partial charge in [0.2, 0.25) is 0 Å². The van der Waals surface area contributed by atoms with Gasteiger partial charge < -0.3 is 15.3 Å². The number of halogens is 1. The maximum Gasteiger partial charge on any atom is 0.338 e. The van der Waals surface area contributed by atoms with Gasteiger partial charge in [0.15, 0.2) is 8.32 Å². The summed E-state index contributed by atoms with van der Waals surface area (Å²) >= 11 is 0. The molecule has 0 atom stereocenters. The minimum atomic E-state index is -1.99. The highest BCUT2D eigenvalue weighted by Crippen LogP contribution is 2.37. The Hall–Kier alpha value is -1.99. The second-order valence-electron chi connectivity index (χ2n) is 7.41. The molecule has 0 amide bonds. The van der Waals surface area contributed by atoms with Crippen LogP contribution in [-0.2, 0) is 11.0 Å². The Morgan fingerprint density at radius 2 is 1.96 bits per heavy atom. The van der Waals surface area contributed by atoms with Crippen LogP contribution in [0.5, 0.6) is 0 Å². The van der Waals surface area contributed by atoms with E-state index in [0.29, 0.717) is 16.5 Å². The van der Waals surface area contributed by atoms with E-state index in [9.17, 15) is 9.18 Å². The number of hydrogen-bond acceptors (Lipinski definition) is 4. The van der Waals surface area contributed by atoms with Crippen LogP contribution < -0.4 is 5.73 Å². The molecule has 0 saturated heterocycles. The van der Waals surface area contributed by atoms with Crippen LogP contribution in [0.4, 0.5) is 10.2 Å². The highest BCUT2D eigenvalue weighted by atomic mass is 28.4. The number of nitrogen functional groups attached to an aromatic ring is 1. The first kappa shape index (κ1) is 18.3. The zero-order valence-electron chi connectivity index (χ0n) is 14.6. The average Bonchev–Trinajstić information content (AvgIpc) is 2.42. The zero-order chi connectivity index (χ0) is 18.3. The number of carboxylic acid groups (broad SMARTS) is 1. The zero-order valence-corrected chi connectivity index (χ0v) is 15.6. The maximum atomic E-state index is 13.9. The number of carbonyl (C=O) groups is 1. The molecule has 0 radical (unpaired) electrons. The number of carboxylic acids is 1. The average molecular weight is 350 g/mol. The van der Waals surface area contributed by atoms with Gasteiger partial charge in [-0.05, 0) is 35.8 Å². The van der Waals surface area contributed by atoms with E-state index in [-0.39, 0.29) is 23.0 Å². The molecule has 1 aromatic heterocycles. The summed E-state index contributed by atoms with van der Waals surface area (Å²) in [7, 11) is -1.99. The molecule has 0 aliphatic rings. The number of aromatic nitrogens is 1. The lowest BCUT2D eigenvalue weighted by molar-refractivity contribution is 0.0692. The molecule has 2 rings (SSSR count). The molecule has 1 heterocycles. The summed E-state index contributed by atoms with van der Waals surface area (Å²) < 4.78 is 20.1. The number of nitrogens with zero attached hydrogens (tertiary/aromatic N) is 1. The Morgan fingerprint density at radius 1 is 1.33 bits per heavy atom. The van der Waals surface area contributed by atoms with Crippen molar-refractivity contribution >= 4 is 31.0 Å². The summed E-state index contributed by atoms with van der Waals surface area (Å²) in [4.78, 5) is 15.3. The smallest absolute Gasteiger partial charge is 0.338 e. The lowest BCUT2D eigenvalue weighted by Gasteiger charge is -2.36. The number of nitrogens with two attached hydrogens (primary N) is 1. The van der Waals surface area contributed by atoms with Crippen LogP contribution in [0, 0.1) is 5.82 Å². The highest BCUT2D eigenvalue weighted by Gasteiger charge is 2.37. The van der Waals surface area contributed by atoms with Crippen LogP contribution in [0.15, 0.2) is 18.2 Å². The van der Waals surface area contributed by atoms with Gasteiger partial charge in [-0.3, -0.25) is 0 Å². The molecule has 0 bridgehead atoms. The van der Waals surface area contributed by atoms with Gasteiger partial charge in [0.25, 0.3) is 0 Å². The lowest BCUT2D eigenvalue weighted by atomic mass is 10.1. The largest absolute Gasteiger partial charge is 0.478 e. The molecule has 1 aromatic carbocycles. The molecule has 0 unspecified atom stereocenters. The Labute approximate surface area is 141 Å². The Kier molecular flexibility index (Phi) is 4.69. The van der Waals surface area contributed by atoms with Gasteiger partial charge in [-0.2, -0.15) is 0 Å². The predicted octanol–water partition coefficient (Wildman–Crippen LogP) is 4.18. The molecule has 0 aliphatic heterocycles. The normalized spacial score (nSPS) is 12.6. The summed E-state index contributed by atoms with van der Waals surface area (Å²) in [6, 6.07) is 4.05. The van der Waals surface area contributed by atoms with Gasteiger partial charge in [0.1, 0.15) is 11.6 Å². The Morgan fingerprint density at radius 3 is 2.50 bits per heavy atom. The summed E-state index contributed by atoms with van der Waals surface area (Å²) in [6.45, 7) is 10.9. The molecule has 0 aliphatic carbocycles. The standard InChI is InChI=1S/C17H23FN2O3Si/c1-17(2,3)24(4,5)23-9-10-6-15(19)20-14-8-13(18)12(16(21)22)7-11(10)14/h6-8H,9H2,1-5H3,(H2,19,20)(H,21,22). The number of aromatic carboxylic acids is 1. The molecule has 24 heavy (non-hydrogen) atoms. The van der Waals surface area contributed by atoms with Gasteiger partial charge in [0, 0.05) is 11.5 Å². The van der Waals surface area contributed by atoms with Gasteiger partial charge in [-0.1, -0.05) is 20.8 Å². The van der Waals surface area contributed by atoms with E-state index in [0.717, 1.165) is 6.07 Å². The lowest BCUT2D eigenvalue weighted by Crippen LogP contribution is -2.40. The number of anilines is 1. The highest BCUT2D eigenvalue weighted by molar-refractivity contribution is 6.74. The van der Waals surface area contributed by atoms with Gasteiger partial charge in [-0.25, -0.2) is 14.2 Å². The number of pyridine rings is 1. The van der Waals surface area contributed by atoms with Crippen molar-refractivity contribution < 1.29 is 18.7 Å². The van der Waals surface area contributed by atoms with Crippen molar-refractivity contribution in [3.05, 3.63) is 35.1 Å². The minimum absolute atomic E-state index is 0.0414. The van der Waals surface area contributed by atoms with Crippen LogP contribution in [0.3, 0.4) is 0 Å². The monoisotopic (exact) mass is 350 g/mol.